The number of hydrogen-bond acceptors (Lipinski definition) is 3. The van der Waals surface area contributed by atoms with Crippen molar-refractivity contribution in [2.24, 2.45) is 11.7 Å². The molecular weight excluding hydrogens is 313 g/mol. The second kappa shape index (κ2) is 6.76. The summed E-state index contributed by atoms with van der Waals surface area (Å²) in [4.78, 5) is 25.4. The first-order valence-electron chi connectivity index (χ1n) is 8.18. The molecule has 1 aromatic carbocycles. The second-order valence-corrected chi connectivity index (χ2v) is 6.48. The highest BCUT2D eigenvalue weighted by Gasteiger charge is 2.36. The molecule has 1 aromatic rings. The number of morpholine rings is 1. The fraction of sp³-hybridized carbons (Fsp3) is 0.529. The van der Waals surface area contributed by atoms with Gasteiger partial charge in [0.15, 0.2) is 6.10 Å². The standard InChI is InChI=1S/C17H22FN3O3/c1-10-8-12(4-5-13(10)18)15(11-2-3-11)20-17(23)21-6-7-24-14(9-21)16(19)22/h4-5,8,11,14-15H,2-3,6-7,9H2,1H3,(H2,19,22)(H,20,23)/t14-,15+/m1/s1. The number of nitrogens with zero attached hydrogens (tertiary/aromatic N) is 1. The first-order valence-corrected chi connectivity index (χ1v) is 8.18. The number of primary amides is 1. The summed E-state index contributed by atoms with van der Waals surface area (Å²) in [7, 11) is 0. The van der Waals surface area contributed by atoms with Gasteiger partial charge in [0.05, 0.1) is 19.2 Å². The first-order chi connectivity index (χ1) is 11.5. The molecule has 0 bridgehead atoms. The minimum atomic E-state index is -0.767. The Morgan fingerprint density at radius 2 is 2.17 bits per heavy atom. The molecule has 1 heterocycles. The van der Waals surface area contributed by atoms with E-state index in [1.54, 1.807) is 24.0 Å². The molecule has 1 saturated carbocycles. The van der Waals surface area contributed by atoms with Gasteiger partial charge in [-0.15, -0.1) is 0 Å². The van der Waals surface area contributed by atoms with Crippen LogP contribution in [0, 0.1) is 18.7 Å². The number of carbonyl (C=O) groups is 2. The monoisotopic (exact) mass is 335 g/mol. The zero-order valence-corrected chi connectivity index (χ0v) is 13.6. The third-order valence-electron chi connectivity index (χ3n) is 4.58. The highest BCUT2D eigenvalue weighted by molar-refractivity contribution is 5.81. The Bertz CT molecular complexity index is 648. The second-order valence-electron chi connectivity index (χ2n) is 6.48. The molecule has 2 aliphatic rings. The molecule has 3 amide bonds. The van der Waals surface area contributed by atoms with Gasteiger partial charge in [-0.25, -0.2) is 9.18 Å². The van der Waals surface area contributed by atoms with Crippen molar-refractivity contribution in [1.29, 1.82) is 0 Å². The van der Waals surface area contributed by atoms with Gasteiger partial charge in [-0.05, 0) is 42.9 Å². The number of nitrogens with one attached hydrogen (secondary N) is 1. The van der Waals surface area contributed by atoms with Crippen molar-refractivity contribution in [1.82, 2.24) is 10.2 Å². The highest BCUT2D eigenvalue weighted by Crippen LogP contribution is 2.41. The van der Waals surface area contributed by atoms with Gasteiger partial charge < -0.3 is 20.7 Å². The van der Waals surface area contributed by atoms with Gasteiger partial charge in [-0.1, -0.05) is 12.1 Å². The summed E-state index contributed by atoms with van der Waals surface area (Å²) < 4.78 is 18.8. The lowest BCUT2D eigenvalue weighted by Gasteiger charge is -2.33. The molecule has 3 N–H and O–H groups in total. The van der Waals surface area contributed by atoms with Gasteiger partial charge in [0, 0.05) is 6.54 Å². The lowest BCUT2D eigenvalue weighted by Crippen LogP contribution is -2.53. The van der Waals surface area contributed by atoms with Gasteiger partial charge in [0.2, 0.25) is 5.91 Å². The van der Waals surface area contributed by atoms with Gasteiger partial charge in [-0.3, -0.25) is 4.79 Å². The van der Waals surface area contributed by atoms with Crippen molar-refractivity contribution >= 4 is 11.9 Å². The fourth-order valence-corrected chi connectivity index (χ4v) is 2.99. The Balaban J connectivity index is 1.70. The number of amides is 3. The van der Waals surface area contributed by atoms with Gasteiger partial charge in [0.1, 0.15) is 5.82 Å². The molecule has 7 heteroatoms. The third kappa shape index (κ3) is 3.67. The molecule has 0 unspecified atom stereocenters. The Morgan fingerprint density at radius 3 is 2.79 bits per heavy atom. The molecule has 2 atom stereocenters. The maximum Gasteiger partial charge on any atom is 0.318 e. The van der Waals surface area contributed by atoms with Crippen LogP contribution in [0.25, 0.3) is 0 Å². The van der Waals surface area contributed by atoms with Crippen LogP contribution in [-0.4, -0.2) is 42.6 Å². The van der Waals surface area contributed by atoms with Crippen LogP contribution in [0.1, 0.15) is 30.0 Å². The highest BCUT2D eigenvalue weighted by atomic mass is 19.1. The smallest absolute Gasteiger partial charge is 0.318 e. The number of nitrogens with two attached hydrogens (primary N) is 1. The molecule has 1 saturated heterocycles. The summed E-state index contributed by atoms with van der Waals surface area (Å²) in [6, 6.07) is 4.54. The number of aryl methyl sites for hydroxylation is 1. The van der Waals surface area contributed by atoms with Crippen molar-refractivity contribution in [2.45, 2.75) is 31.9 Å². The number of benzene rings is 1. The Labute approximate surface area is 140 Å². The number of ether oxygens (including phenoxy) is 1. The molecule has 1 aliphatic carbocycles. The molecule has 2 fully saturated rings. The molecule has 3 rings (SSSR count). The van der Waals surface area contributed by atoms with Gasteiger partial charge >= 0.3 is 6.03 Å². The van der Waals surface area contributed by atoms with E-state index < -0.39 is 12.0 Å². The van der Waals surface area contributed by atoms with E-state index in [1.165, 1.54) is 6.07 Å². The number of urea groups is 1. The molecule has 130 valence electrons. The quantitative estimate of drug-likeness (QED) is 0.874. The molecule has 1 aliphatic heterocycles. The largest absolute Gasteiger partial charge is 0.367 e. The van der Waals surface area contributed by atoms with E-state index in [1.807, 2.05) is 0 Å². The van der Waals surface area contributed by atoms with Crippen LogP contribution in [0.5, 0.6) is 0 Å². The number of rotatable bonds is 4. The zero-order chi connectivity index (χ0) is 17.3. The summed E-state index contributed by atoms with van der Waals surface area (Å²) in [5.74, 6) is -0.454. The maximum atomic E-state index is 13.5. The third-order valence-corrected chi connectivity index (χ3v) is 4.58. The lowest BCUT2D eigenvalue weighted by molar-refractivity contribution is -0.133. The molecule has 6 nitrogen and oxygen atoms in total. The van der Waals surface area contributed by atoms with Crippen LogP contribution >= 0.6 is 0 Å². The normalized spacial score (nSPS) is 22.1. The summed E-state index contributed by atoms with van der Waals surface area (Å²) >= 11 is 0. The molecular formula is C17H22FN3O3. The van der Waals surface area contributed by atoms with Gasteiger partial charge in [-0.2, -0.15) is 0 Å². The fourth-order valence-electron chi connectivity index (χ4n) is 2.99. The van der Waals surface area contributed by atoms with Crippen molar-refractivity contribution < 1.29 is 18.7 Å². The molecule has 0 spiro atoms. The van der Waals surface area contributed by atoms with Crippen LogP contribution < -0.4 is 11.1 Å². The van der Waals surface area contributed by atoms with E-state index in [2.05, 4.69) is 5.32 Å². The Kier molecular flexibility index (Phi) is 4.71. The molecule has 0 radical (unpaired) electrons. The summed E-state index contributed by atoms with van der Waals surface area (Å²) in [6.45, 7) is 2.56. The minimum absolute atomic E-state index is 0.147. The van der Waals surface area contributed by atoms with E-state index in [9.17, 15) is 14.0 Å². The topological polar surface area (TPSA) is 84.7 Å². The van der Waals surface area contributed by atoms with E-state index in [4.69, 9.17) is 10.5 Å². The van der Waals surface area contributed by atoms with E-state index in [0.717, 1.165) is 18.4 Å². The van der Waals surface area contributed by atoms with Crippen LogP contribution in [-0.2, 0) is 9.53 Å². The van der Waals surface area contributed by atoms with Crippen LogP contribution in [0.15, 0.2) is 18.2 Å². The first kappa shape index (κ1) is 16.7. The summed E-state index contributed by atoms with van der Waals surface area (Å²) in [6.07, 6.45) is 1.31. The number of hydrogen-bond donors (Lipinski definition) is 2. The van der Waals surface area contributed by atoms with Gasteiger partial charge in [0.25, 0.3) is 0 Å². The van der Waals surface area contributed by atoms with Crippen molar-refractivity contribution in [2.75, 3.05) is 19.7 Å². The van der Waals surface area contributed by atoms with E-state index in [-0.39, 0.29) is 31.0 Å². The molecule has 24 heavy (non-hydrogen) atoms. The average molecular weight is 335 g/mol. The number of halogens is 1. The zero-order valence-electron chi connectivity index (χ0n) is 13.6. The van der Waals surface area contributed by atoms with Crippen LogP contribution in [0.4, 0.5) is 9.18 Å². The van der Waals surface area contributed by atoms with Crippen LogP contribution in [0.3, 0.4) is 0 Å². The predicted molar refractivity (Wildman–Crippen MR) is 85.6 cm³/mol. The minimum Gasteiger partial charge on any atom is -0.367 e. The van der Waals surface area contributed by atoms with Crippen molar-refractivity contribution in [3.63, 3.8) is 0 Å². The maximum absolute atomic E-state index is 13.5. The Morgan fingerprint density at radius 1 is 1.42 bits per heavy atom. The molecule has 0 aromatic heterocycles. The van der Waals surface area contributed by atoms with Crippen molar-refractivity contribution in [3.8, 4) is 0 Å². The number of carbonyl (C=O) groups excluding carboxylic acids is 2. The lowest BCUT2D eigenvalue weighted by atomic mass is 10.0. The average Bonchev–Trinajstić information content (AvgIpc) is 3.40. The van der Waals surface area contributed by atoms with Crippen molar-refractivity contribution in [3.05, 3.63) is 35.1 Å². The van der Waals surface area contributed by atoms with E-state index in [0.29, 0.717) is 18.0 Å². The Hall–Kier alpha value is -2.15. The predicted octanol–water partition coefficient (Wildman–Crippen LogP) is 1.48. The SMILES string of the molecule is Cc1cc([C@@H](NC(=O)N2CCO[C@@H](C(N)=O)C2)C2CC2)ccc1F. The summed E-state index contributed by atoms with van der Waals surface area (Å²) in [5, 5.41) is 3.03. The van der Waals surface area contributed by atoms with Crippen LogP contribution in [0.2, 0.25) is 0 Å². The van der Waals surface area contributed by atoms with E-state index >= 15 is 0 Å². The summed E-state index contributed by atoms with van der Waals surface area (Å²) in [5.41, 5.74) is 6.72.